The van der Waals surface area contributed by atoms with E-state index in [4.69, 9.17) is 0 Å². The van der Waals surface area contributed by atoms with E-state index in [-0.39, 0.29) is 18.4 Å². The van der Waals surface area contributed by atoms with E-state index in [1.165, 1.54) is 0 Å². The summed E-state index contributed by atoms with van der Waals surface area (Å²) in [5.74, 6) is 0.249. The Hall–Kier alpha value is -1.39. The summed E-state index contributed by atoms with van der Waals surface area (Å²) in [7, 11) is 0. The number of aliphatic hydroxyl groups is 2. The Morgan fingerprint density at radius 2 is 2.18 bits per heavy atom. The average Bonchev–Trinajstić information content (AvgIpc) is 2.52. The monoisotopic (exact) mass is 305 g/mol. The van der Waals surface area contributed by atoms with E-state index in [1.807, 2.05) is 29.2 Å². The van der Waals surface area contributed by atoms with Crippen molar-refractivity contribution in [3.8, 4) is 0 Å². The van der Waals surface area contributed by atoms with Crippen LogP contribution in [0, 0.1) is 5.92 Å². The molecule has 0 aliphatic carbocycles. The zero-order valence-electron chi connectivity index (χ0n) is 13.6. The number of hydrogen-bond donors (Lipinski definition) is 2. The largest absolute Gasteiger partial charge is 0.396 e. The highest BCUT2D eigenvalue weighted by atomic mass is 16.3. The SMILES string of the molecule is CC(C)(O)CCc1cccc(C(=O)N2CCCC(CO)C2)c1. The van der Waals surface area contributed by atoms with Gasteiger partial charge in [0.15, 0.2) is 0 Å². The van der Waals surface area contributed by atoms with Gasteiger partial charge in [-0.3, -0.25) is 4.79 Å². The van der Waals surface area contributed by atoms with Gasteiger partial charge in [0, 0.05) is 25.3 Å². The average molecular weight is 305 g/mol. The maximum absolute atomic E-state index is 12.6. The molecule has 4 heteroatoms. The quantitative estimate of drug-likeness (QED) is 0.877. The standard InChI is InChI=1S/C18H27NO3/c1-18(2,22)9-8-14-5-3-7-16(11-14)17(21)19-10-4-6-15(12-19)13-20/h3,5,7,11,15,20,22H,4,6,8-10,12-13H2,1-2H3. The third-order valence-electron chi connectivity index (χ3n) is 4.26. The number of amides is 1. The molecule has 1 atom stereocenters. The number of rotatable bonds is 5. The predicted molar refractivity (Wildman–Crippen MR) is 86.8 cm³/mol. The minimum atomic E-state index is -0.693. The van der Waals surface area contributed by atoms with E-state index in [9.17, 15) is 15.0 Å². The number of piperidine rings is 1. The molecule has 1 fully saturated rings. The lowest BCUT2D eigenvalue weighted by Gasteiger charge is -2.32. The maximum atomic E-state index is 12.6. The molecule has 0 aromatic heterocycles. The summed E-state index contributed by atoms with van der Waals surface area (Å²) in [6.07, 6.45) is 3.37. The molecule has 1 heterocycles. The molecule has 2 N–H and O–H groups in total. The molecular weight excluding hydrogens is 278 g/mol. The molecule has 1 aromatic rings. The highest BCUT2D eigenvalue weighted by Crippen LogP contribution is 2.19. The van der Waals surface area contributed by atoms with Gasteiger partial charge in [-0.15, -0.1) is 0 Å². The lowest BCUT2D eigenvalue weighted by atomic mass is 9.96. The third kappa shape index (κ3) is 4.82. The smallest absolute Gasteiger partial charge is 0.253 e. The number of nitrogens with zero attached hydrogens (tertiary/aromatic N) is 1. The molecule has 2 rings (SSSR count). The van der Waals surface area contributed by atoms with Crippen LogP contribution >= 0.6 is 0 Å². The van der Waals surface area contributed by atoms with Crippen LogP contribution in [0.1, 0.15) is 49.0 Å². The van der Waals surface area contributed by atoms with Crippen LogP contribution in [0.4, 0.5) is 0 Å². The predicted octanol–water partition coefficient (Wildman–Crippen LogP) is 2.23. The van der Waals surface area contributed by atoms with Crippen LogP contribution in [0.15, 0.2) is 24.3 Å². The second-order valence-electron chi connectivity index (χ2n) is 6.95. The van der Waals surface area contributed by atoms with Gasteiger partial charge in [0.1, 0.15) is 0 Å². The summed E-state index contributed by atoms with van der Waals surface area (Å²) < 4.78 is 0. The zero-order valence-corrected chi connectivity index (χ0v) is 13.6. The molecule has 1 amide bonds. The van der Waals surface area contributed by atoms with Crippen LogP contribution in [0.25, 0.3) is 0 Å². The minimum Gasteiger partial charge on any atom is -0.396 e. The Morgan fingerprint density at radius 3 is 2.86 bits per heavy atom. The summed E-state index contributed by atoms with van der Waals surface area (Å²) >= 11 is 0. The molecule has 1 aliphatic heterocycles. The summed E-state index contributed by atoms with van der Waals surface area (Å²) in [6, 6.07) is 7.67. The van der Waals surface area contributed by atoms with Crippen molar-refractivity contribution >= 4 is 5.91 Å². The Bertz CT molecular complexity index is 507. The van der Waals surface area contributed by atoms with Gasteiger partial charge in [0.05, 0.1) is 5.60 Å². The van der Waals surface area contributed by atoms with Crippen LogP contribution in [0.3, 0.4) is 0 Å². The van der Waals surface area contributed by atoms with E-state index in [1.54, 1.807) is 13.8 Å². The number of aliphatic hydroxyl groups excluding tert-OH is 1. The number of aryl methyl sites for hydroxylation is 1. The number of hydrogen-bond acceptors (Lipinski definition) is 3. The molecule has 122 valence electrons. The van der Waals surface area contributed by atoms with Gasteiger partial charge in [-0.2, -0.15) is 0 Å². The van der Waals surface area contributed by atoms with Crippen molar-refractivity contribution in [3.05, 3.63) is 35.4 Å². The Balaban J connectivity index is 2.03. The maximum Gasteiger partial charge on any atom is 0.253 e. The highest BCUT2D eigenvalue weighted by molar-refractivity contribution is 5.94. The fourth-order valence-electron chi connectivity index (χ4n) is 2.89. The third-order valence-corrected chi connectivity index (χ3v) is 4.26. The summed E-state index contributed by atoms with van der Waals surface area (Å²) in [6.45, 7) is 5.15. The Morgan fingerprint density at radius 1 is 1.41 bits per heavy atom. The Labute approximate surface area is 132 Å². The first-order chi connectivity index (χ1) is 10.4. The van der Waals surface area contributed by atoms with Gasteiger partial charge in [0.25, 0.3) is 5.91 Å². The van der Waals surface area contributed by atoms with Crippen LogP contribution in [0.5, 0.6) is 0 Å². The van der Waals surface area contributed by atoms with Crippen molar-refractivity contribution in [2.24, 2.45) is 5.92 Å². The first-order valence-corrected chi connectivity index (χ1v) is 8.10. The van der Waals surface area contributed by atoms with Crippen molar-refractivity contribution in [1.29, 1.82) is 0 Å². The molecular formula is C18H27NO3. The molecule has 1 aliphatic rings. The molecule has 0 spiro atoms. The fourth-order valence-corrected chi connectivity index (χ4v) is 2.89. The highest BCUT2D eigenvalue weighted by Gasteiger charge is 2.24. The van der Waals surface area contributed by atoms with Crippen molar-refractivity contribution in [2.45, 2.75) is 45.1 Å². The summed E-state index contributed by atoms with van der Waals surface area (Å²) in [5, 5.41) is 19.1. The number of likely N-dealkylation sites (tertiary alicyclic amines) is 1. The van der Waals surface area contributed by atoms with Crippen LogP contribution in [-0.2, 0) is 6.42 Å². The number of benzene rings is 1. The first-order valence-electron chi connectivity index (χ1n) is 8.10. The van der Waals surface area contributed by atoms with Crippen LogP contribution in [0.2, 0.25) is 0 Å². The first kappa shape index (κ1) is 17.0. The molecule has 22 heavy (non-hydrogen) atoms. The van der Waals surface area contributed by atoms with Crippen molar-refractivity contribution in [1.82, 2.24) is 4.90 Å². The molecule has 0 saturated carbocycles. The lowest BCUT2D eigenvalue weighted by Crippen LogP contribution is -2.40. The van der Waals surface area contributed by atoms with E-state index in [0.29, 0.717) is 18.5 Å². The van der Waals surface area contributed by atoms with Crippen molar-refractivity contribution < 1.29 is 15.0 Å². The minimum absolute atomic E-state index is 0.0447. The number of carbonyl (C=O) groups is 1. The second kappa shape index (κ2) is 7.25. The zero-order chi connectivity index (χ0) is 16.2. The summed E-state index contributed by atoms with van der Waals surface area (Å²) in [4.78, 5) is 14.5. The van der Waals surface area contributed by atoms with E-state index in [2.05, 4.69) is 0 Å². The van der Waals surface area contributed by atoms with E-state index >= 15 is 0 Å². The van der Waals surface area contributed by atoms with E-state index in [0.717, 1.165) is 31.4 Å². The Kier molecular flexibility index (Phi) is 5.59. The van der Waals surface area contributed by atoms with Crippen molar-refractivity contribution in [2.75, 3.05) is 19.7 Å². The normalized spacial score (nSPS) is 19.3. The number of carbonyl (C=O) groups excluding carboxylic acids is 1. The molecule has 1 unspecified atom stereocenters. The fraction of sp³-hybridized carbons (Fsp3) is 0.611. The lowest BCUT2D eigenvalue weighted by molar-refractivity contribution is 0.0620. The molecule has 0 radical (unpaired) electrons. The summed E-state index contributed by atoms with van der Waals surface area (Å²) in [5.41, 5.74) is 1.08. The molecule has 1 saturated heterocycles. The van der Waals surface area contributed by atoms with Crippen LogP contribution < -0.4 is 0 Å². The molecule has 4 nitrogen and oxygen atoms in total. The van der Waals surface area contributed by atoms with Crippen LogP contribution in [-0.4, -0.2) is 46.3 Å². The molecule has 0 bridgehead atoms. The second-order valence-corrected chi connectivity index (χ2v) is 6.95. The van der Waals surface area contributed by atoms with Gasteiger partial charge < -0.3 is 15.1 Å². The molecule has 1 aromatic carbocycles. The van der Waals surface area contributed by atoms with Gasteiger partial charge in [-0.1, -0.05) is 12.1 Å². The van der Waals surface area contributed by atoms with Gasteiger partial charge in [0.2, 0.25) is 0 Å². The van der Waals surface area contributed by atoms with E-state index < -0.39 is 5.60 Å². The van der Waals surface area contributed by atoms with Crippen molar-refractivity contribution in [3.63, 3.8) is 0 Å². The van der Waals surface area contributed by atoms with Gasteiger partial charge in [-0.25, -0.2) is 0 Å². The van der Waals surface area contributed by atoms with Gasteiger partial charge in [-0.05, 0) is 63.1 Å². The van der Waals surface area contributed by atoms with Gasteiger partial charge >= 0.3 is 0 Å². The topological polar surface area (TPSA) is 60.8 Å².